The second-order valence-electron chi connectivity index (χ2n) is 4.52. The Balaban J connectivity index is 2.63. The predicted molar refractivity (Wildman–Crippen MR) is 66.4 cm³/mol. The zero-order valence-corrected chi connectivity index (χ0v) is 10.6. The molecule has 0 spiro atoms. The molecule has 1 aliphatic heterocycles. The third-order valence-corrected chi connectivity index (χ3v) is 3.46. The third kappa shape index (κ3) is 3.30. The molecule has 0 saturated carbocycles. The van der Waals surface area contributed by atoms with Crippen LogP contribution in [-0.4, -0.2) is 31.5 Å². The molecular formula is C13H25NO2. The van der Waals surface area contributed by atoms with Gasteiger partial charge in [-0.15, -0.1) is 0 Å². The van der Waals surface area contributed by atoms with Gasteiger partial charge in [-0.2, -0.15) is 0 Å². The molecule has 16 heavy (non-hydrogen) atoms. The van der Waals surface area contributed by atoms with E-state index in [9.17, 15) is 0 Å². The van der Waals surface area contributed by atoms with Crippen LogP contribution in [0.5, 0.6) is 0 Å². The van der Waals surface area contributed by atoms with Crippen LogP contribution in [0.1, 0.15) is 39.5 Å². The second-order valence-corrected chi connectivity index (χ2v) is 4.52. The van der Waals surface area contributed by atoms with Crippen LogP contribution in [0.2, 0.25) is 0 Å². The molecule has 0 radical (unpaired) electrons. The van der Waals surface area contributed by atoms with E-state index in [-0.39, 0.29) is 11.6 Å². The van der Waals surface area contributed by atoms with E-state index in [1.165, 1.54) is 5.57 Å². The van der Waals surface area contributed by atoms with Gasteiger partial charge in [0.2, 0.25) is 0 Å². The Morgan fingerprint density at radius 2 is 2.06 bits per heavy atom. The van der Waals surface area contributed by atoms with Gasteiger partial charge < -0.3 is 15.2 Å². The minimum atomic E-state index is -0.189. The van der Waals surface area contributed by atoms with Gasteiger partial charge in [-0.1, -0.05) is 19.1 Å². The van der Waals surface area contributed by atoms with Gasteiger partial charge >= 0.3 is 0 Å². The Morgan fingerprint density at radius 3 is 2.56 bits per heavy atom. The highest BCUT2D eigenvalue weighted by Gasteiger charge is 2.39. The van der Waals surface area contributed by atoms with Crippen LogP contribution in [0.15, 0.2) is 12.2 Å². The molecule has 1 heterocycles. The summed E-state index contributed by atoms with van der Waals surface area (Å²) < 4.78 is 11.3. The molecule has 0 aromatic rings. The Kier molecular flexibility index (Phi) is 5.46. The van der Waals surface area contributed by atoms with E-state index in [0.29, 0.717) is 6.61 Å². The first-order valence-electron chi connectivity index (χ1n) is 6.28. The molecule has 1 aliphatic rings. The number of hydrogen-bond acceptors (Lipinski definition) is 3. The van der Waals surface area contributed by atoms with Crippen molar-refractivity contribution in [3.8, 4) is 0 Å². The lowest BCUT2D eigenvalue weighted by atomic mass is 9.83. The van der Waals surface area contributed by atoms with Crippen LogP contribution >= 0.6 is 0 Å². The first-order valence-corrected chi connectivity index (χ1v) is 6.28. The molecule has 0 aromatic heterocycles. The molecule has 1 saturated heterocycles. The van der Waals surface area contributed by atoms with Crippen molar-refractivity contribution in [3.63, 3.8) is 0 Å². The Labute approximate surface area is 99.0 Å². The molecule has 0 bridgehead atoms. The smallest absolute Gasteiger partial charge is 0.0879 e. The maximum Gasteiger partial charge on any atom is 0.0879 e. The van der Waals surface area contributed by atoms with Gasteiger partial charge in [-0.05, 0) is 19.8 Å². The molecule has 0 aliphatic carbocycles. The third-order valence-electron chi connectivity index (χ3n) is 3.46. The summed E-state index contributed by atoms with van der Waals surface area (Å²) in [5.41, 5.74) is 7.32. The van der Waals surface area contributed by atoms with Gasteiger partial charge in [0.05, 0.1) is 5.60 Å². The minimum Gasteiger partial charge on any atom is -0.381 e. The van der Waals surface area contributed by atoms with Crippen molar-refractivity contribution >= 4 is 0 Å². The average molecular weight is 227 g/mol. The van der Waals surface area contributed by atoms with Crippen molar-refractivity contribution in [2.24, 2.45) is 5.73 Å². The van der Waals surface area contributed by atoms with Gasteiger partial charge in [-0.25, -0.2) is 0 Å². The predicted octanol–water partition coefficient (Wildman–Crippen LogP) is 2.26. The molecule has 0 amide bonds. The van der Waals surface area contributed by atoms with E-state index in [2.05, 4.69) is 13.5 Å². The van der Waals surface area contributed by atoms with Crippen LogP contribution in [-0.2, 0) is 9.47 Å². The van der Waals surface area contributed by atoms with E-state index in [1.807, 2.05) is 6.92 Å². The van der Waals surface area contributed by atoms with E-state index in [1.54, 1.807) is 0 Å². The molecule has 94 valence electrons. The van der Waals surface area contributed by atoms with E-state index < -0.39 is 0 Å². The summed E-state index contributed by atoms with van der Waals surface area (Å²) >= 11 is 0. The van der Waals surface area contributed by atoms with E-state index >= 15 is 0 Å². The summed E-state index contributed by atoms with van der Waals surface area (Å²) in [4.78, 5) is 0. The standard InChI is InChI=1S/C13H25NO2/c1-4-11(3)10-12(14)13(16-5-2)6-8-15-9-7-13/h12H,3-10,14H2,1-2H3. The molecule has 2 N–H and O–H groups in total. The summed E-state index contributed by atoms with van der Waals surface area (Å²) in [6.45, 7) is 10.4. The normalized spacial score (nSPS) is 21.7. The summed E-state index contributed by atoms with van der Waals surface area (Å²) in [5.74, 6) is 0. The highest BCUT2D eigenvalue weighted by molar-refractivity contribution is 5.03. The summed E-state index contributed by atoms with van der Waals surface area (Å²) in [7, 11) is 0. The van der Waals surface area contributed by atoms with Crippen LogP contribution in [0.4, 0.5) is 0 Å². The lowest BCUT2D eigenvalue weighted by Gasteiger charge is -2.41. The molecule has 0 aromatic carbocycles. The van der Waals surface area contributed by atoms with Gasteiger partial charge in [0, 0.05) is 38.7 Å². The van der Waals surface area contributed by atoms with Crippen LogP contribution < -0.4 is 5.73 Å². The lowest BCUT2D eigenvalue weighted by molar-refractivity contribution is -0.120. The largest absolute Gasteiger partial charge is 0.381 e. The number of hydrogen-bond donors (Lipinski definition) is 1. The quantitative estimate of drug-likeness (QED) is 0.708. The maximum absolute atomic E-state index is 6.30. The first kappa shape index (κ1) is 13.7. The molecule has 1 unspecified atom stereocenters. The molecule has 3 nitrogen and oxygen atoms in total. The Hall–Kier alpha value is -0.380. The van der Waals surface area contributed by atoms with Crippen molar-refractivity contribution in [1.29, 1.82) is 0 Å². The van der Waals surface area contributed by atoms with Gasteiger partial charge in [0.15, 0.2) is 0 Å². The highest BCUT2D eigenvalue weighted by Crippen LogP contribution is 2.30. The molecule has 1 atom stereocenters. The number of nitrogens with two attached hydrogens (primary N) is 1. The fourth-order valence-corrected chi connectivity index (χ4v) is 2.27. The monoisotopic (exact) mass is 227 g/mol. The van der Waals surface area contributed by atoms with Gasteiger partial charge in [0.1, 0.15) is 0 Å². The maximum atomic E-state index is 6.30. The average Bonchev–Trinajstić information content (AvgIpc) is 2.30. The molecule has 1 fully saturated rings. The lowest BCUT2D eigenvalue weighted by Crippen LogP contribution is -2.53. The van der Waals surface area contributed by atoms with E-state index in [0.717, 1.165) is 38.9 Å². The van der Waals surface area contributed by atoms with Crippen LogP contribution in [0, 0.1) is 0 Å². The zero-order valence-electron chi connectivity index (χ0n) is 10.6. The SMILES string of the molecule is C=C(CC)CC(N)C1(OCC)CCOCC1. The van der Waals surface area contributed by atoms with Crippen molar-refractivity contribution < 1.29 is 9.47 Å². The van der Waals surface area contributed by atoms with Gasteiger partial charge in [-0.3, -0.25) is 0 Å². The summed E-state index contributed by atoms with van der Waals surface area (Å²) in [6.07, 6.45) is 3.65. The van der Waals surface area contributed by atoms with Crippen LogP contribution in [0.3, 0.4) is 0 Å². The minimum absolute atomic E-state index is 0.0452. The fourth-order valence-electron chi connectivity index (χ4n) is 2.27. The zero-order chi connectivity index (χ0) is 12.0. The second kappa shape index (κ2) is 6.38. The van der Waals surface area contributed by atoms with Crippen molar-refractivity contribution in [3.05, 3.63) is 12.2 Å². The van der Waals surface area contributed by atoms with Gasteiger partial charge in [0.25, 0.3) is 0 Å². The summed E-state index contributed by atoms with van der Waals surface area (Å²) in [5, 5.41) is 0. The molecular weight excluding hydrogens is 202 g/mol. The first-order chi connectivity index (χ1) is 7.64. The van der Waals surface area contributed by atoms with Crippen LogP contribution in [0.25, 0.3) is 0 Å². The summed E-state index contributed by atoms with van der Waals surface area (Å²) in [6, 6.07) is 0.0452. The number of rotatable bonds is 6. The van der Waals surface area contributed by atoms with Crippen molar-refractivity contribution in [2.75, 3.05) is 19.8 Å². The number of ether oxygens (including phenoxy) is 2. The molecule has 3 heteroatoms. The van der Waals surface area contributed by atoms with Crippen molar-refractivity contribution in [2.45, 2.75) is 51.2 Å². The fraction of sp³-hybridized carbons (Fsp3) is 0.846. The molecule has 1 rings (SSSR count). The Morgan fingerprint density at radius 1 is 1.44 bits per heavy atom. The topological polar surface area (TPSA) is 44.5 Å². The van der Waals surface area contributed by atoms with E-state index in [4.69, 9.17) is 15.2 Å². The van der Waals surface area contributed by atoms with Crippen molar-refractivity contribution in [1.82, 2.24) is 0 Å². The Bertz CT molecular complexity index is 216. The highest BCUT2D eigenvalue weighted by atomic mass is 16.5.